The number of phenols is 1. The first kappa shape index (κ1) is 20.2. The van der Waals surface area contributed by atoms with Gasteiger partial charge >= 0.3 is 0 Å². The van der Waals surface area contributed by atoms with E-state index in [4.69, 9.17) is 0 Å². The normalized spacial score (nSPS) is 34.8. The van der Waals surface area contributed by atoms with Crippen LogP contribution in [-0.4, -0.2) is 34.9 Å². The van der Waals surface area contributed by atoms with E-state index >= 15 is 0 Å². The number of piperidine rings is 1. The number of likely N-dealkylation sites (tertiary alicyclic amines) is 1. The summed E-state index contributed by atoms with van der Waals surface area (Å²) in [7, 11) is 0. The van der Waals surface area contributed by atoms with Crippen LogP contribution in [0.5, 0.6) is 5.75 Å². The number of hydrogen-bond donors (Lipinski definition) is 1. The Hall–Kier alpha value is -1.06. The van der Waals surface area contributed by atoms with Gasteiger partial charge in [0.2, 0.25) is 0 Å². The third-order valence-corrected chi connectivity index (χ3v) is 8.31. The van der Waals surface area contributed by atoms with Crippen molar-refractivity contribution in [3.63, 3.8) is 0 Å². The van der Waals surface area contributed by atoms with Crippen LogP contribution >= 0.6 is 12.4 Å². The van der Waals surface area contributed by atoms with Crippen LogP contribution in [0.4, 0.5) is 0 Å². The van der Waals surface area contributed by atoms with Gasteiger partial charge in [0.25, 0.3) is 0 Å². The zero-order valence-corrected chi connectivity index (χ0v) is 17.8. The number of hydrogen-bond acceptors (Lipinski definition) is 3. The summed E-state index contributed by atoms with van der Waals surface area (Å²) >= 11 is 0. The van der Waals surface area contributed by atoms with Crippen molar-refractivity contribution in [2.45, 2.75) is 76.2 Å². The number of carbonyl (C=O) groups excluding carboxylic acids is 1. The number of benzene rings is 1. The van der Waals surface area contributed by atoms with Gasteiger partial charge in [0.1, 0.15) is 11.5 Å². The second-order valence-corrected chi connectivity index (χ2v) is 9.81. The summed E-state index contributed by atoms with van der Waals surface area (Å²) < 4.78 is 0. The minimum Gasteiger partial charge on any atom is -0.508 e. The number of halogens is 1. The molecule has 3 nitrogen and oxygen atoms in total. The molecule has 0 unspecified atom stereocenters. The van der Waals surface area contributed by atoms with Gasteiger partial charge in [0.05, 0.1) is 0 Å². The van der Waals surface area contributed by atoms with Crippen molar-refractivity contribution in [2.75, 3.05) is 13.1 Å². The van der Waals surface area contributed by atoms with E-state index in [1.165, 1.54) is 43.4 Å². The first-order chi connectivity index (χ1) is 13.1. The molecule has 0 aromatic heterocycles. The van der Waals surface area contributed by atoms with Crippen molar-refractivity contribution in [1.82, 2.24) is 4.90 Å². The van der Waals surface area contributed by atoms with Crippen LogP contribution in [0, 0.1) is 17.8 Å². The number of aromatic hydroxyl groups is 1. The highest BCUT2D eigenvalue weighted by Crippen LogP contribution is 2.58. The topological polar surface area (TPSA) is 40.5 Å². The lowest BCUT2D eigenvalue weighted by molar-refractivity contribution is -0.132. The number of rotatable bonds is 4. The fourth-order valence-corrected chi connectivity index (χ4v) is 7.07. The number of nitrogens with zero attached hydrogens (tertiary/aromatic N) is 1. The van der Waals surface area contributed by atoms with Crippen molar-refractivity contribution < 1.29 is 9.90 Å². The highest BCUT2D eigenvalue weighted by Gasteiger charge is 2.58. The summed E-state index contributed by atoms with van der Waals surface area (Å²) in [6.45, 7) is 4.65. The van der Waals surface area contributed by atoms with Gasteiger partial charge in [0, 0.05) is 30.8 Å². The lowest BCUT2D eigenvalue weighted by Gasteiger charge is -2.61. The van der Waals surface area contributed by atoms with E-state index in [-0.39, 0.29) is 17.8 Å². The zero-order chi connectivity index (χ0) is 18.6. The monoisotopic (exact) mass is 403 g/mol. The summed E-state index contributed by atoms with van der Waals surface area (Å²) in [6.07, 6.45) is 10.2. The van der Waals surface area contributed by atoms with Gasteiger partial charge in [0.15, 0.2) is 0 Å². The Bertz CT molecular complexity index is 746. The second kappa shape index (κ2) is 7.65. The van der Waals surface area contributed by atoms with Crippen molar-refractivity contribution in [3.8, 4) is 5.75 Å². The Labute approximate surface area is 175 Å². The van der Waals surface area contributed by atoms with Crippen molar-refractivity contribution >= 4 is 18.2 Å². The number of phenolic OH excluding ortho intramolecular Hbond substituents is 1. The van der Waals surface area contributed by atoms with Gasteiger partial charge in [-0.2, -0.15) is 0 Å². The standard InChI is InChI=1S/C24H33NO2.ClH/c1-2-4-18-11-20(27)14-24-9-10-25(15-16-5-3-6-16)22(23(18)24)12-17-7-8-19(26)13-21(17)24;/h7-8,13,16,18,22-23,26H,2-6,9-12,14-15H2,1H3;1H/t18-,22-,23+,24-;/m1./s1. The predicted octanol–water partition coefficient (Wildman–Crippen LogP) is 4.88. The van der Waals surface area contributed by atoms with Gasteiger partial charge < -0.3 is 5.11 Å². The van der Waals surface area contributed by atoms with Gasteiger partial charge in [-0.15, -0.1) is 12.4 Å². The molecule has 1 heterocycles. The fraction of sp³-hybridized carbons (Fsp3) is 0.708. The molecule has 1 aromatic rings. The largest absolute Gasteiger partial charge is 0.508 e. The lowest BCUT2D eigenvalue weighted by Crippen LogP contribution is -2.65. The molecular weight excluding hydrogens is 370 g/mol. The summed E-state index contributed by atoms with van der Waals surface area (Å²) in [5.41, 5.74) is 2.67. The number of ketones is 1. The molecule has 154 valence electrons. The molecule has 0 spiro atoms. The average Bonchev–Trinajstić information content (AvgIpc) is 2.60. The Kier molecular flexibility index (Phi) is 5.52. The molecule has 4 aliphatic rings. The van der Waals surface area contributed by atoms with E-state index < -0.39 is 0 Å². The third kappa shape index (κ3) is 3.10. The van der Waals surface area contributed by atoms with Crippen LogP contribution in [0.1, 0.15) is 69.4 Å². The predicted molar refractivity (Wildman–Crippen MR) is 114 cm³/mol. The molecule has 0 amide bonds. The lowest BCUT2D eigenvalue weighted by atomic mass is 9.48. The highest BCUT2D eigenvalue weighted by molar-refractivity contribution is 5.85. The minimum absolute atomic E-state index is 0. The molecule has 2 bridgehead atoms. The maximum atomic E-state index is 12.8. The van der Waals surface area contributed by atoms with Gasteiger partial charge in [-0.25, -0.2) is 0 Å². The van der Waals surface area contributed by atoms with Crippen molar-refractivity contribution in [2.24, 2.45) is 17.8 Å². The van der Waals surface area contributed by atoms with E-state index in [1.807, 2.05) is 12.1 Å². The molecule has 28 heavy (non-hydrogen) atoms. The van der Waals surface area contributed by atoms with E-state index in [2.05, 4.69) is 17.9 Å². The van der Waals surface area contributed by atoms with E-state index in [0.29, 0.717) is 35.8 Å². The Morgan fingerprint density at radius 2 is 2.07 bits per heavy atom. The SMILES string of the molecule is CCC[C@@H]1CC(=O)C[C@]23CCN(CC4CCC4)[C@H](Cc4ccc(O)cc42)[C@H]13.Cl. The Morgan fingerprint density at radius 3 is 2.79 bits per heavy atom. The van der Waals surface area contributed by atoms with Gasteiger partial charge in [-0.1, -0.05) is 25.8 Å². The fourth-order valence-electron chi connectivity index (χ4n) is 7.07. The molecule has 2 saturated carbocycles. The maximum absolute atomic E-state index is 12.8. The number of Topliss-reactive ketones (excluding diaryl/α,β-unsaturated/α-hetero) is 1. The van der Waals surface area contributed by atoms with Crippen LogP contribution in [0.3, 0.4) is 0 Å². The van der Waals surface area contributed by atoms with Gasteiger partial charge in [-0.3, -0.25) is 9.69 Å². The van der Waals surface area contributed by atoms with Crippen LogP contribution in [0.15, 0.2) is 18.2 Å². The molecule has 1 N–H and O–H groups in total. The summed E-state index contributed by atoms with van der Waals surface area (Å²) in [6, 6.07) is 6.56. The summed E-state index contributed by atoms with van der Waals surface area (Å²) in [4.78, 5) is 15.6. The van der Waals surface area contributed by atoms with Gasteiger partial charge in [-0.05, 0) is 79.7 Å². The van der Waals surface area contributed by atoms with E-state index in [0.717, 1.165) is 38.1 Å². The first-order valence-electron chi connectivity index (χ1n) is 11.2. The highest BCUT2D eigenvalue weighted by atomic mass is 35.5. The smallest absolute Gasteiger partial charge is 0.134 e. The number of fused-ring (bicyclic) bond motifs is 1. The van der Waals surface area contributed by atoms with E-state index in [9.17, 15) is 9.90 Å². The molecular formula is C24H34ClNO2. The maximum Gasteiger partial charge on any atom is 0.134 e. The molecule has 1 aromatic carbocycles. The summed E-state index contributed by atoms with van der Waals surface area (Å²) in [5, 5.41) is 10.2. The van der Waals surface area contributed by atoms with Crippen molar-refractivity contribution in [3.05, 3.63) is 29.3 Å². The van der Waals surface area contributed by atoms with E-state index in [1.54, 1.807) is 0 Å². The molecule has 1 saturated heterocycles. The first-order valence-corrected chi connectivity index (χ1v) is 11.2. The second-order valence-electron chi connectivity index (χ2n) is 9.81. The molecule has 4 heteroatoms. The molecule has 0 radical (unpaired) electrons. The van der Waals surface area contributed by atoms with Crippen LogP contribution in [0.2, 0.25) is 0 Å². The number of carbonyl (C=O) groups is 1. The quantitative estimate of drug-likeness (QED) is 0.778. The molecule has 3 fully saturated rings. The molecule has 5 rings (SSSR count). The Balaban J connectivity index is 0.00000192. The average molecular weight is 404 g/mol. The Morgan fingerprint density at radius 1 is 1.25 bits per heavy atom. The molecule has 1 aliphatic heterocycles. The molecule has 4 atom stereocenters. The zero-order valence-electron chi connectivity index (χ0n) is 17.0. The van der Waals surface area contributed by atoms with Crippen LogP contribution < -0.4 is 0 Å². The van der Waals surface area contributed by atoms with Crippen molar-refractivity contribution in [1.29, 1.82) is 0 Å². The van der Waals surface area contributed by atoms with Crippen LogP contribution in [-0.2, 0) is 16.6 Å². The third-order valence-electron chi connectivity index (χ3n) is 8.31. The molecule has 3 aliphatic carbocycles. The summed E-state index contributed by atoms with van der Waals surface area (Å²) in [5.74, 6) is 2.81. The van der Waals surface area contributed by atoms with Crippen LogP contribution in [0.25, 0.3) is 0 Å². The minimum atomic E-state index is -0.0255.